The molecule has 2 aromatic carbocycles. The first-order chi connectivity index (χ1) is 9.29. The van der Waals surface area contributed by atoms with Crippen molar-refractivity contribution >= 4 is 5.69 Å². The van der Waals surface area contributed by atoms with Gasteiger partial charge in [-0.1, -0.05) is 30.3 Å². The molecule has 1 aliphatic heterocycles. The van der Waals surface area contributed by atoms with Crippen molar-refractivity contribution in [1.82, 2.24) is 0 Å². The smallest absolute Gasteiger partial charge is 0.115 e. The van der Waals surface area contributed by atoms with E-state index in [0.717, 1.165) is 18.5 Å². The fourth-order valence-corrected chi connectivity index (χ4v) is 2.86. The van der Waals surface area contributed by atoms with E-state index < -0.39 is 0 Å². The van der Waals surface area contributed by atoms with Crippen LogP contribution < -0.4 is 10.6 Å². The summed E-state index contributed by atoms with van der Waals surface area (Å²) in [4.78, 5) is 2.34. The largest absolute Gasteiger partial charge is 0.508 e. The summed E-state index contributed by atoms with van der Waals surface area (Å²) in [5.41, 5.74) is 9.68. The van der Waals surface area contributed by atoms with Crippen molar-refractivity contribution < 1.29 is 5.11 Å². The second-order valence-corrected chi connectivity index (χ2v) is 4.92. The quantitative estimate of drug-likeness (QED) is 0.884. The van der Waals surface area contributed by atoms with Gasteiger partial charge in [0.15, 0.2) is 0 Å². The van der Waals surface area contributed by atoms with Crippen LogP contribution in [-0.2, 0) is 6.42 Å². The standard InChI is InChI=1S/C16H18N2O/c17-11-16(13-5-3-6-14(19)10-13)18-9-8-12-4-1-2-7-15(12)18/h1-7,10,16,19H,8-9,11,17H2. The Hall–Kier alpha value is -2.00. The fourth-order valence-electron chi connectivity index (χ4n) is 2.86. The average molecular weight is 254 g/mol. The van der Waals surface area contributed by atoms with Crippen LogP contribution in [0.15, 0.2) is 48.5 Å². The highest BCUT2D eigenvalue weighted by atomic mass is 16.3. The van der Waals surface area contributed by atoms with Crippen molar-refractivity contribution in [2.75, 3.05) is 18.0 Å². The molecule has 1 unspecified atom stereocenters. The van der Waals surface area contributed by atoms with Crippen LogP contribution in [0.2, 0.25) is 0 Å². The molecule has 0 saturated carbocycles. The zero-order valence-corrected chi connectivity index (χ0v) is 10.8. The molecule has 0 aliphatic carbocycles. The molecule has 0 amide bonds. The highest BCUT2D eigenvalue weighted by Crippen LogP contribution is 2.35. The van der Waals surface area contributed by atoms with Crippen molar-refractivity contribution in [3.05, 3.63) is 59.7 Å². The Morgan fingerprint density at radius 3 is 2.79 bits per heavy atom. The summed E-state index contributed by atoms with van der Waals surface area (Å²) in [6, 6.07) is 16.0. The van der Waals surface area contributed by atoms with Crippen LogP contribution >= 0.6 is 0 Å². The molecule has 1 heterocycles. The maximum Gasteiger partial charge on any atom is 0.115 e. The van der Waals surface area contributed by atoms with Crippen LogP contribution in [0, 0.1) is 0 Å². The molecule has 2 aromatic rings. The van der Waals surface area contributed by atoms with Crippen LogP contribution in [0.4, 0.5) is 5.69 Å². The van der Waals surface area contributed by atoms with E-state index in [1.54, 1.807) is 12.1 Å². The van der Waals surface area contributed by atoms with Gasteiger partial charge in [-0.15, -0.1) is 0 Å². The number of para-hydroxylation sites is 1. The Balaban J connectivity index is 1.96. The molecule has 0 saturated heterocycles. The number of anilines is 1. The second kappa shape index (κ2) is 4.94. The highest BCUT2D eigenvalue weighted by Gasteiger charge is 2.26. The predicted octanol–water partition coefficient (Wildman–Crippen LogP) is 2.45. The summed E-state index contributed by atoms with van der Waals surface area (Å²) in [6.07, 6.45) is 1.06. The summed E-state index contributed by atoms with van der Waals surface area (Å²) < 4.78 is 0. The molecule has 3 heteroatoms. The van der Waals surface area contributed by atoms with Crippen LogP contribution in [-0.4, -0.2) is 18.2 Å². The first-order valence-corrected chi connectivity index (χ1v) is 6.63. The molecule has 0 bridgehead atoms. The average Bonchev–Trinajstić information content (AvgIpc) is 2.84. The monoisotopic (exact) mass is 254 g/mol. The number of nitrogens with two attached hydrogens (primary N) is 1. The first-order valence-electron chi connectivity index (χ1n) is 6.63. The normalized spacial score (nSPS) is 15.3. The number of hydrogen-bond acceptors (Lipinski definition) is 3. The van der Waals surface area contributed by atoms with Gasteiger partial charge in [-0.05, 0) is 35.7 Å². The van der Waals surface area contributed by atoms with Crippen LogP contribution in [0.1, 0.15) is 17.2 Å². The van der Waals surface area contributed by atoms with Gasteiger partial charge in [-0.3, -0.25) is 0 Å². The Labute approximate surface area is 113 Å². The molecular formula is C16H18N2O. The molecule has 0 aromatic heterocycles. The lowest BCUT2D eigenvalue weighted by Crippen LogP contribution is -2.32. The number of phenols is 1. The van der Waals surface area contributed by atoms with Gasteiger partial charge in [0.2, 0.25) is 0 Å². The van der Waals surface area contributed by atoms with E-state index >= 15 is 0 Å². The zero-order chi connectivity index (χ0) is 13.2. The third kappa shape index (κ3) is 2.17. The molecular weight excluding hydrogens is 236 g/mol. The van der Waals surface area contributed by atoms with Crippen LogP contribution in [0.25, 0.3) is 0 Å². The lowest BCUT2D eigenvalue weighted by Gasteiger charge is -2.30. The molecule has 0 spiro atoms. The summed E-state index contributed by atoms with van der Waals surface area (Å²) in [7, 11) is 0. The minimum absolute atomic E-state index is 0.121. The minimum atomic E-state index is 0.121. The van der Waals surface area contributed by atoms with E-state index in [0.29, 0.717) is 12.3 Å². The number of nitrogens with zero attached hydrogens (tertiary/aromatic N) is 1. The van der Waals surface area contributed by atoms with Crippen molar-refractivity contribution in [3.63, 3.8) is 0 Å². The Bertz CT molecular complexity index is 582. The van der Waals surface area contributed by atoms with Gasteiger partial charge in [0.25, 0.3) is 0 Å². The number of fused-ring (bicyclic) bond motifs is 1. The highest BCUT2D eigenvalue weighted by molar-refractivity contribution is 5.59. The van der Waals surface area contributed by atoms with Crippen molar-refractivity contribution in [1.29, 1.82) is 0 Å². The molecule has 19 heavy (non-hydrogen) atoms. The van der Waals surface area contributed by atoms with E-state index in [1.165, 1.54) is 11.3 Å². The second-order valence-electron chi connectivity index (χ2n) is 4.92. The van der Waals surface area contributed by atoms with Gasteiger partial charge < -0.3 is 15.7 Å². The lowest BCUT2D eigenvalue weighted by atomic mass is 10.0. The maximum absolute atomic E-state index is 9.64. The minimum Gasteiger partial charge on any atom is -0.508 e. The first kappa shape index (κ1) is 12.1. The SMILES string of the molecule is NCC(c1cccc(O)c1)N1CCc2ccccc21. The van der Waals surface area contributed by atoms with E-state index in [2.05, 4.69) is 29.2 Å². The molecule has 0 fully saturated rings. The zero-order valence-electron chi connectivity index (χ0n) is 10.8. The number of rotatable bonds is 3. The summed E-state index contributed by atoms with van der Waals surface area (Å²) in [6.45, 7) is 1.52. The van der Waals surface area contributed by atoms with Crippen LogP contribution in [0.3, 0.4) is 0 Å². The van der Waals surface area contributed by atoms with Crippen molar-refractivity contribution in [2.45, 2.75) is 12.5 Å². The van der Waals surface area contributed by atoms with Crippen molar-refractivity contribution in [2.24, 2.45) is 5.73 Å². The molecule has 0 radical (unpaired) electrons. The Kier molecular flexibility index (Phi) is 3.13. The third-order valence-electron chi connectivity index (χ3n) is 3.78. The topological polar surface area (TPSA) is 49.5 Å². The predicted molar refractivity (Wildman–Crippen MR) is 77.4 cm³/mol. The summed E-state index contributed by atoms with van der Waals surface area (Å²) in [5, 5.41) is 9.64. The van der Waals surface area contributed by atoms with E-state index in [4.69, 9.17) is 5.73 Å². The lowest BCUT2D eigenvalue weighted by molar-refractivity contribution is 0.473. The fraction of sp³-hybridized carbons (Fsp3) is 0.250. The number of phenolic OH excluding ortho intramolecular Hbond substituents is 1. The van der Waals surface area contributed by atoms with Crippen LogP contribution in [0.5, 0.6) is 5.75 Å². The number of benzene rings is 2. The van der Waals surface area contributed by atoms with E-state index in [-0.39, 0.29) is 6.04 Å². The summed E-state index contributed by atoms with van der Waals surface area (Å²) in [5.74, 6) is 0.295. The maximum atomic E-state index is 9.64. The third-order valence-corrected chi connectivity index (χ3v) is 3.78. The molecule has 1 aliphatic rings. The molecule has 98 valence electrons. The molecule has 3 rings (SSSR count). The van der Waals surface area contributed by atoms with Gasteiger partial charge in [-0.2, -0.15) is 0 Å². The Morgan fingerprint density at radius 2 is 2.00 bits per heavy atom. The van der Waals surface area contributed by atoms with Gasteiger partial charge in [-0.25, -0.2) is 0 Å². The summed E-state index contributed by atoms with van der Waals surface area (Å²) >= 11 is 0. The molecule has 3 N–H and O–H groups in total. The molecule has 3 nitrogen and oxygen atoms in total. The number of hydrogen-bond donors (Lipinski definition) is 2. The van der Waals surface area contributed by atoms with Gasteiger partial charge in [0.05, 0.1) is 6.04 Å². The van der Waals surface area contributed by atoms with Gasteiger partial charge in [0, 0.05) is 18.8 Å². The Morgan fingerprint density at radius 1 is 1.16 bits per heavy atom. The van der Waals surface area contributed by atoms with Gasteiger partial charge >= 0.3 is 0 Å². The van der Waals surface area contributed by atoms with Crippen molar-refractivity contribution in [3.8, 4) is 5.75 Å². The number of aromatic hydroxyl groups is 1. The van der Waals surface area contributed by atoms with E-state index in [1.807, 2.05) is 12.1 Å². The molecule has 1 atom stereocenters. The van der Waals surface area contributed by atoms with Gasteiger partial charge in [0.1, 0.15) is 5.75 Å². The van der Waals surface area contributed by atoms with E-state index in [9.17, 15) is 5.11 Å².